The van der Waals surface area contributed by atoms with Crippen LogP contribution in [0.3, 0.4) is 0 Å². The van der Waals surface area contributed by atoms with Gasteiger partial charge in [-0.3, -0.25) is 0 Å². The van der Waals surface area contributed by atoms with Crippen molar-refractivity contribution in [3.8, 4) is 0 Å². The fourth-order valence-corrected chi connectivity index (χ4v) is 13.2. The largest absolute Gasteiger partial charge is 0.366 e. The average Bonchev–Trinajstić information content (AvgIpc) is 1.48. The molecule has 0 aromatic heterocycles. The van der Waals surface area contributed by atoms with Gasteiger partial charge in [-0.2, -0.15) is 0 Å². The van der Waals surface area contributed by atoms with Crippen LogP contribution in [0.1, 0.15) is 274 Å². The fraction of sp³-hybridized carbons (Fsp3) is 0.429. The van der Waals surface area contributed by atoms with Gasteiger partial charge >= 0.3 is 0 Å². The molecule has 5 aliphatic heterocycles. The van der Waals surface area contributed by atoms with E-state index in [1.54, 1.807) is 147 Å². The highest BCUT2D eigenvalue weighted by Crippen LogP contribution is 2.41. The Hall–Kier alpha value is -6.75. The van der Waals surface area contributed by atoms with E-state index < -0.39 is 331 Å². The molecule has 640 valence electrons. The molecule has 0 aliphatic carbocycles. The van der Waals surface area contributed by atoms with Gasteiger partial charge in [0, 0.05) is 143 Å². The lowest BCUT2D eigenvalue weighted by Gasteiger charge is -2.32. The molecule has 0 saturated carbocycles. The molecular weight excluding hydrogens is 1590 g/mol. The maximum atomic E-state index is 8.81. The van der Waals surface area contributed by atoms with Crippen LogP contribution >= 0.6 is 58.0 Å². The van der Waals surface area contributed by atoms with E-state index in [1.165, 1.54) is 43.0 Å². The Balaban J connectivity index is 0.000000214. The van der Waals surface area contributed by atoms with Gasteiger partial charge in [-0.05, 0) is 314 Å². The Labute approximate surface area is 834 Å². The topological polar surface area (TPSA) is 62.4 Å². The van der Waals surface area contributed by atoms with Gasteiger partial charge in [-0.1, -0.05) is 270 Å². The maximum Gasteiger partial charge on any atom is 0.115 e. The van der Waals surface area contributed by atoms with Crippen LogP contribution in [0.5, 0.6) is 0 Å². The van der Waals surface area contributed by atoms with Gasteiger partial charge in [0.05, 0.1) is 32.9 Å². The van der Waals surface area contributed by atoms with Crippen LogP contribution in [0, 0.1) is 0 Å². The molecular formula is C105H130Cl5N5O5. The number of benzene rings is 10. The monoisotopic (exact) mass is 1780 g/mol. The van der Waals surface area contributed by atoms with Crippen LogP contribution in [0.25, 0.3) is 0 Å². The summed E-state index contributed by atoms with van der Waals surface area (Å²) in [6.45, 7) is -29.3. The number of halogens is 5. The normalized spacial score (nSPS) is 35.4. The second kappa shape index (κ2) is 46.3. The quantitative estimate of drug-likeness (QED) is 0.0435. The van der Waals surface area contributed by atoms with Gasteiger partial charge in [0.15, 0.2) is 0 Å². The first-order valence-electron chi connectivity index (χ1n) is 69.5. The SMILES string of the molecule is [2H]C([2H])(C[C@]1([2H])N(C([2H])([2H])[2H])C([2H])([2H])C([2H])([2H])C1([2H])[2H])O[C@](C)(c1ccccc1)c1ccc(Cl)cc1.[2H]C([2H])([2H])N1C([2H])([2H])C([2H])([2H])C([2H])([2H])[C@]1([2H])C([2H])([2H])C([2H])([2H])O[C@](C)(c1ccccc1)c1ccc(Cl)cc1.[2H]C([2H])([2H])N1CCC[C@@H]1C([2H])([2H])C([2H])([2H])O[C@](C)(c1ccccc1)c1ccc(Cl)cc1.[2H]c1c([2H])c([2H])c([C@@](C)(OCC[C@H]2CCCN2C([2H])([2H])[2H])c2c([2H])c([2H])c(Cl)c([2H])c2[2H])c([2H])c1[2H].[2H]c1c([2H])c([2H])c([C@@](C)(OCC[C@]2([2H])N(C([2H])([2H])[2H])C([2H])([2H])C([2H])([2H])C2([2H])[2H])c2c([2H])c([2H])c(Cl)c([2H])c2[2H])c([2H])c1[2H]. The fourth-order valence-electron chi connectivity index (χ4n) is 12.6. The van der Waals surface area contributed by atoms with Crippen LogP contribution in [-0.4, -0.2) is 155 Å². The molecule has 0 N–H and O–H groups in total. The summed E-state index contributed by atoms with van der Waals surface area (Å²) in [6, 6.07) is 19.8. The van der Waals surface area contributed by atoms with E-state index in [-0.39, 0.29) is 58.5 Å². The molecule has 10 aromatic rings. The molecule has 0 unspecified atom stereocenters. The van der Waals surface area contributed by atoms with Gasteiger partial charge in [0.2, 0.25) is 0 Å². The Kier molecular flexibility index (Phi) is 15.7. The summed E-state index contributed by atoms with van der Waals surface area (Å²) < 4.78 is 555. The number of rotatable bonds is 30. The van der Waals surface area contributed by atoms with Crippen LogP contribution in [0.2, 0.25) is 25.1 Å². The molecule has 10 atom stereocenters. The van der Waals surface area contributed by atoms with Gasteiger partial charge in [0.1, 0.15) is 28.0 Å². The van der Waals surface area contributed by atoms with Crippen LogP contribution in [-0.2, 0) is 51.7 Å². The standard InChI is InChI=1S/5C21H26ClNO/c5*1-21(17-7-4-3-5-8-17,18-10-12-19(22)13-11-18)24-16-14-20-9-6-15-23(20)2/h5*3-5,7-8,10-13,20H,6,9,14-16H2,1-2H3/t5*20-,21-/m11111/s1/i2D3,3D,4D,5D,6D2,7D,8D,9D2,10D,11D,12D,13D,15D2,20D;2D3,3D,4D,5D,7D,8D,10D,11D,12D,13D;2D3,6D2,9D2,14D2,15D2,16D2,20D;2D3,6D2,9D2,15D2,16D2,20D;2D3,14D2,16D2. The van der Waals surface area contributed by atoms with Crippen molar-refractivity contribution in [3.63, 3.8) is 0 Å². The van der Waals surface area contributed by atoms with E-state index in [0.29, 0.717) is 68.7 Å². The second-order valence-electron chi connectivity index (χ2n) is 27.7. The van der Waals surface area contributed by atoms with Crippen LogP contribution in [0.15, 0.2) is 273 Å². The summed E-state index contributed by atoms with van der Waals surface area (Å²) in [5, 5.41) is 0.251. The Morgan fingerprint density at radius 3 is 1.05 bits per heavy atom. The zero-order valence-corrected chi connectivity index (χ0v) is 69.5. The smallest absolute Gasteiger partial charge is 0.115 e. The number of ether oxygens (including phenoxy) is 5. The van der Waals surface area contributed by atoms with E-state index in [1.807, 2.05) is 6.07 Å². The minimum atomic E-state index is -3.99. The zero-order valence-electron chi connectivity index (χ0n) is 130. The van der Waals surface area contributed by atoms with Gasteiger partial charge < -0.3 is 48.2 Å². The Morgan fingerprint density at radius 1 is 0.333 bits per heavy atom. The van der Waals surface area contributed by atoms with E-state index in [0.717, 1.165) is 11.8 Å². The highest BCUT2D eigenvalue weighted by atomic mass is 35.5. The highest BCUT2D eigenvalue weighted by Gasteiger charge is 2.37. The maximum absolute atomic E-state index is 8.81. The number of nitrogens with zero attached hydrogens (tertiary/aromatic N) is 5. The lowest BCUT2D eigenvalue weighted by molar-refractivity contribution is -0.0119. The van der Waals surface area contributed by atoms with Crippen LogP contribution in [0.4, 0.5) is 0 Å². The first kappa shape index (κ1) is 40.7. The third-order valence-electron chi connectivity index (χ3n) is 19.7. The lowest BCUT2D eigenvalue weighted by atomic mass is 9.88. The molecule has 5 saturated heterocycles. The number of likely N-dealkylation sites (tertiary alicyclic amines) is 5. The third-order valence-corrected chi connectivity index (χ3v) is 20.9. The predicted octanol–water partition coefficient (Wildman–Crippen LogP) is 25.5. The van der Waals surface area contributed by atoms with Crippen molar-refractivity contribution in [2.45, 2.75) is 189 Å². The molecule has 5 fully saturated rings. The molecule has 0 amide bonds. The Morgan fingerprint density at radius 2 is 0.650 bits per heavy atom. The molecule has 0 spiro atoms. The average molecular weight is 1780 g/mol. The van der Waals surface area contributed by atoms with E-state index in [4.69, 9.17) is 169 Å². The molecule has 15 rings (SSSR count). The molecule has 120 heavy (non-hydrogen) atoms. The molecule has 10 aromatic carbocycles. The second-order valence-corrected chi connectivity index (χ2v) is 29.7. The summed E-state index contributed by atoms with van der Waals surface area (Å²) in [5.41, 5.74) is -8.42. The van der Waals surface area contributed by atoms with Crippen molar-refractivity contribution in [1.82, 2.24) is 24.5 Å². The first-order chi connectivity index (χ1) is 83.1. The summed E-state index contributed by atoms with van der Waals surface area (Å²) in [7, 11) is 0. The van der Waals surface area contributed by atoms with Crippen molar-refractivity contribution < 1.29 is 111 Å². The van der Waals surface area contributed by atoms with E-state index in [2.05, 4.69) is 0 Å². The van der Waals surface area contributed by atoms with E-state index >= 15 is 0 Å². The summed E-state index contributed by atoms with van der Waals surface area (Å²) in [6.07, 6.45) is -28.3. The van der Waals surface area contributed by atoms with E-state index in [9.17, 15) is 0 Å². The number of hydrogen-bond donors (Lipinski definition) is 0. The minimum Gasteiger partial charge on any atom is -0.366 e. The van der Waals surface area contributed by atoms with Crippen LogP contribution < -0.4 is 0 Å². The third kappa shape index (κ3) is 26.0. The summed E-state index contributed by atoms with van der Waals surface area (Å²) >= 11 is 29.9. The van der Waals surface area contributed by atoms with Gasteiger partial charge in [-0.25, -0.2) is 0 Å². The molecule has 15 heteroatoms. The first-order valence-corrected chi connectivity index (χ1v) is 39.4. The molecule has 10 nitrogen and oxygen atoms in total. The predicted molar refractivity (Wildman–Crippen MR) is 503 cm³/mol. The molecule has 5 aliphatic rings. The zero-order chi connectivity index (χ0) is 141. The highest BCUT2D eigenvalue weighted by molar-refractivity contribution is 6.31. The van der Waals surface area contributed by atoms with Crippen molar-refractivity contribution >= 4 is 58.0 Å². The molecule has 5 heterocycles. The lowest BCUT2D eigenvalue weighted by Crippen LogP contribution is -2.31. The molecule has 0 radical (unpaired) electrons. The Bertz CT molecular complexity index is 7660. The van der Waals surface area contributed by atoms with Crippen molar-refractivity contribution in [3.05, 3.63) is 353 Å². The van der Waals surface area contributed by atoms with Crippen molar-refractivity contribution in [1.29, 1.82) is 0 Å². The van der Waals surface area contributed by atoms with Gasteiger partial charge in [0.25, 0.3) is 0 Å². The number of hydrogen-bond acceptors (Lipinski definition) is 10. The summed E-state index contributed by atoms with van der Waals surface area (Å²) in [4.78, 5) is 1.48. The molecule has 0 bridgehead atoms. The van der Waals surface area contributed by atoms with Crippen molar-refractivity contribution in [2.75, 3.05) is 100 Å². The van der Waals surface area contributed by atoms with Crippen molar-refractivity contribution in [2.24, 2.45) is 0 Å². The van der Waals surface area contributed by atoms with Gasteiger partial charge in [-0.15, -0.1) is 0 Å². The summed E-state index contributed by atoms with van der Waals surface area (Å²) in [5.74, 6) is 0. The minimum absolute atomic E-state index is 0.141.